The zero-order valence-corrected chi connectivity index (χ0v) is 13.2. The van der Waals surface area contributed by atoms with Gasteiger partial charge in [-0.15, -0.1) is 0 Å². The average Bonchev–Trinajstić information content (AvgIpc) is 2.64. The van der Waals surface area contributed by atoms with Gasteiger partial charge in [-0.2, -0.15) is 0 Å². The van der Waals surface area contributed by atoms with E-state index in [4.69, 9.17) is 4.74 Å². The minimum atomic E-state index is -0.494. The van der Waals surface area contributed by atoms with Crippen LogP contribution in [0.3, 0.4) is 0 Å². The van der Waals surface area contributed by atoms with Crippen LogP contribution in [0.2, 0.25) is 0 Å². The predicted octanol–water partition coefficient (Wildman–Crippen LogP) is 4.63. The summed E-state index contributed by atoms with van der Waals surface area (Å²) in [5.74, 6) is 0. The predicted molar refractivity (Wildman–Crippen MR) is 80.9 cm³/mol. The fourth-order valence-electron chi connectivity index (χ4n) is 1.98. The lowest BCUT2D eigenvalue weighted by Crippen LogP contribution is -2.26. The highest BCUT2D eigenvalue weighted by molar-refractivity contribution is 9.08. The van der Waals surface area contributed by atoms with Crippen molar-refractivity contribution < 1.29 is 9.53 Å². The average molecular weight is 324 g/mol. The van der Waals surface area contributed by atoms with Crippen molar-refractivity contribution in [3.8, 4) is 0 Å². The highest BCUT2D eigenvalue weighted by Crippen LogP contribution is 2.25. The molecular weight excluding hydrogens is 306 g/mol. The zero-order chi connectivity index (χ0) is 14.2. The summed E-state index contributed by atoms with van der Waals surface area (Å²) in [6, 6.07) is 6.10. The Hall–Kier alpha value is -1.29. The van der Waals surface area contributed by atoms with Crippen molar-refractivity contribution in [1.82, 2.24) is 4.57 Å². The van der Waals surface area contributed by atoms with Gasteiger partial charge >= 0.3 is 6.09 Å². The van der Waals surface area contributed by atoms with Gasteiger partial charge in [0.2, 0.25) is 0 Å². The van der Waals surface area contributed by atoms with Crippen molar-refractivity contribution in [2.24, 2.45) is 0 Å². The number of aryl methyl sites for hydroxylation is 1. The first kappa shape index (κ1) is 14.1. The van der Waals surface area contributed by atoms with E-state index in [9.17, 15) is 4.79 Å². The summed E-state index contributed by atoms with van der Waals surface area (Å²) in [4.78, 5) is 12.2. The summed E-state index contributed by atoms with van der Waals surface area (Å²) in [5, 5.41) is 1.79. The molecule has 0 amide bonds. The number of carbonyl (C=O) groups is 1. The molecule has 1 heterocycles. The molecule has 0 N–H and O–H groups in total. The Bertz CT molecular complexity index is 623. The lowest BCUT2D eigenvalue weighted by Gasteiger charge is -2.19. The summed E-state index contributed by atoms with van der Waals surface area (Å²) in [6.07, 6.45) is 1.50. The fraction of sp³-hybridized carbons (Fsp3) is 0.400. The molecule has 0 unspecified atom stereocenters. The number of hydrogen-bond acceptors (Lipinski definition) is 2. The highest BCUT2D eigenvalue weighted by atomic mass is 79.9. The van der Waals surface area contributed by atoms with E-state index < -0.39 is 5.60 Å². The Morgan fingerprint density at radius 3 is 2.63 bits per heavy atom. The molecule has 1 aromatic carbocycles. The summed E-state index contributed by atoms with van der Waals surface area (Å²) >= 11 is 3.46. The van der Waals surface area contributed by atoms with Crippen LogP contribution in [0.5, 0.6) is 0 Å². The molecule has 0 spiro atoms. The maximum atomic E-state index is 12.2. The number of aromatic nitrogens is 1. The standard InChI is InChI=1S/C15H18BrNO2/c1-10-5-6-12-11(8-16)9-17(13(12)7-10)14(18)19-15(2,3)4/h5-7,9H,8H2,1-4H3. The quantitative estimate of drug-likeness (QED) is 0.716. The molecule has 0 aliphatic heterocycles. The van der Waals surface area contributed by atoms with E-state index in [0.29, 0.717) is 5.33 Å². The number of rotatable bonds is 1. The Balaban J connectivity index is 2.54. The van der Waals surface area contributed by atoms with Crippen LogP contribution in [0.15, 0.2) is 24.4 Å². The minimum absolute atomic E-state index is 0.338. The maximum Gasteiger partial charge on any atom is 0.419 e. The second-order valence-corrected chi connectivity index (χ2v) is 6.22. The minimum Gasteiger partial charge on any atom is -0.443 e. The summed E-state index contributed by atoms with van der Waals surface area (Å²) in [7, 11) is 0. The molecule has 0 saturated heterocycles. The molecule has 2 aromatic rings. The van der Waals surface area contributed by atoms with Gasteiger partial charge in [0.05, 0.1) is 5.52 Å². The number of fused-ring (bicyclic) bond motifs is 1. The topological polar surface area (TPSA) is 31.2 Å². The van der Waals surface area contributed by atoms with Gasteiger partial charge in [-0.05, 0) is 44.9 Å². The van der Waals surface area contributed by atoms with Crippen LogP contribution in [-0.4, -0.2) is 16.3 Å². The maximum absolute atomic E-state index is 12.2. The molecule has 0 aliphatic carbocycles. The Morgan fingerprint density at radius 2 is 2.05 bits per heavy atom. The summed E-state index contributed by atoms with van der Waals surface area (Å²) in [6.45, 7) is 7.62. The third-order valence-corrected chi connectivity index (χ3v) is 3.38. The van der Waals surface area contributed by atoms with Gasteiger partial charge < -0.3 is 4.74 Å². The zero-order valence-electron chi connectivity index (χ0n) is 11.7. The second kappa shape index (κ2) is 5.00. The van der Waals surface area contributed by atoms with Crippen molar-refractivity contribution in [1.29, 1.82) is 0 Å². The van der Waals surface area contributed by atoms with Gasteiger partial charge in [-0.25, -0.2) is 4.79 Å². The molecule has 0 bridgehead atoms. The van der Waals surface area contributed by atoms with Crippen LogP contribution in [0.4, 0.5) is 4.79 Å². The van der Waals surface area contributed by atoms with E-state index >= 15 is 0 Å². The van der Waals surface area contributed by atoms with Crippen LogP contribution < -0.4 is 0 Å². The first-order valence-corrected chi connectivity index (χ1v) is 7.34. The van der Waals surface area contributed by atoms with E-state index in [1.165, 1.54) is 0 Å². The molecule has 0 saturated carbocycles. The van der Waals surface area contributed by atoms with Crippen molar-refractivity contribution >= 4 is 32.9 Å². The van der Waals surface area contributed by atoms with Gasteiger partial charge in [-0.1, -0.05) is 28.1 Å². The Kier molecular flexibility index (Phi) is 3.72. The molecular formula is C15H18BrNO2. The van der Waals surface area contributed by atoms with Crippen molar-refractivity contribution in [3.05, 3.63) is 35.5 Å². The molecule has 3 nitrogen and oxygen atoms in total. The van der Waals surface area contributed by atoms with Gasteiger partial charge in [0.15, 0.2) is 0 Å². The number of carbonyl (C=O) groups excluding carboxylic acids is 1. The molecule has 102 valence electrons. The van der Waals surface area contributed by atoms with Crippen molar-refractivity contribution in [2.45, 2.75) is 38.6 Å². The van der Waals surface area contributed by atoms with Crippen LogP contribution in [0.1, 0.15) is 31.9 Å². The largest absolute Gasteiger partial charge is 0.443 e. The van der Waals surface area contributed by atoms with Gasteiger partial charge in [0.1, 0.15) is 5.60 Å². The second-order valence-electron chi connectivity index (χ2n) is 5.66. The number of ether oxygens (including phenoxy) is 1. The molecule has 0 radical (unpaired) electrons. The number of alkyl halides is 1. The van der Waals surface area contributed by atoms with Crippen LogP contribution in [0, 0.1) is 6.92 Å². The first-order chi connectivity index (χ1) is 8.81. The normalized spacial score (nSPS) is 11.8. The van der Waals surface area contributed by atoms with Gasteiger partial charge in [-0.3, -0.25) is 4.57 Å². The smallest absolute Gasteiger partial charge is 0.419 e. The van der Waals surface area contributed by atoms with Crippen molar-refractivity contribution in [3.63, 3.8) is 0 Å². The third kappa shape index (κ3) is 3.00. The van der Waals surface area contributed by atoms with Crippen LogP contribution in [0.25, 0.3) is 10.9 Å². The Labute approximate surface area is 121 Å². The SMILES string of the molecule is Cc1ccc2c(CBr)cn(C(=O)OC(C)(C)C)c2c1. The van der Waals surface area contributed by atoms with Crippen molar-refractivity contribution in [2.75, 3.05) is 0 Å². The van der Waals surface area contributed by atoms with Crippen LogP contribution >= 0.6 is 15.9 Å². The number of halogens is 1. The van der Waals surface area contributed by atoms with Gasteiger partial charge in [0, 0.05) is 16.9 Å². The third-order valence-electron chi connectivity index (χ3n) is 2.78. The monoisotopic (exact) mass is 323 g/mol. The molecule has 0 aliphatic rings. The highest BCUT2D eigenvalue weighted by Gasteiger charge is 2.20. The Morgan fingerprint density at radius 1 is 1.37 bits per heavy atom. The molecule has 2 rings (SSSR count). The molecule has 0 fully saturated rings. The van der Waals surface area contributed by atoms with E-state index in [2.05, 4.69) is 15.9 Å². The van der Waals surface area contributed by atoms with Gasteiger partial charge in [0.25, 0.3) is 0 Å². The molecule has 0 atom stereocenters. The summed E-state index contributed by atoms with van der Waals surface area (Å²) in [5.41, 5.74) is 2.60. The molecule has 19 heavy (non-hydrogen) atoms. The fourth-order valence-corrected chi connectivity index (χ4v) is 2.42. The van der Waals surface area contributed by atoms with E-state index in [1.807, 2.05) is 52.1 Å². The summed E-state index contributed by atoms with van der Waals surface area (Å²) < 4.78 is 7.03. The lowest BCUT2D eigenvalue weighted by atomic mass is 10.1. The number of hydrogen-bond donors (Lipinski definition) is 0. The molecule has 1 aromatic heterocycles. The van der Waals surface area contributed by atoms with E-state index in [0.717, 1.165) is 22.0 Å². The van der Waals surface area contributed by atoms with E-state index in [1.54, 1.807) is 4.57 Å². The first-order valence-electron chi connectivity index (χ1n) is 6.22. The number of benzene rings is 1. The van der Waals surface area contributed by atoms with E-state index in [-0.39, 0.29) is 6.09 Å². The lowest BCUT2D eigenvalue weighted by molar-refractivity contribution is 0.0544. The van der Waals surface area contributed by atoms with Crippen LogP contribution in [-0.2, 0) is 10.1 Å². The molecule has 4 heteroatoms. The number of nitrogens with zero attached hydrogens (tertiary/aromatic N) is 1.